The molecule has 1 saturated heterocycles. The van der Waals surface area contributed by atoms with Crippen molar-refractivity contribution in [1.29, 1.82) is 0 Å². The van der Waals surface area contributed by atoms with Gasteiger partial charge in [-0.25, -0.2) is 4.98 Å². The SMILES string of the molecule is COc1ccccc1CC(=O)N1CCN(c2cc(C)nc(NC3CCCCC3)n2)CC1. The summed E-state index contributed by atoms with van der Waals surface area (Å²) in [6, 6.07) is 10.2. The Morgan fingerprint density at radius 1 is 1.10 bits per heavy atom. The lowest BCUT2D eigenvalue weighted by Crippen LogP contribution is -2.49. The lowest BCUT2D eigenvalue weighted by molar-refractivity contribution is -0.130. The van der Waals surface area contributed by atoms with Crippen molar-refractivity contribution in [1.82, 2.24) is 14.9 Å². The Morgan fingerprint density at radius 3 is 2.58 bits per heavy atom. The van der Waals surface area contributed by atoms with Crippen LogP contribution in [0.4, 0.5) is 11.8 Å². The Labute approximate surface area is 184 Å². The van der Waals surface area contributed by atoms with Crippen molar-refractivity contribution in [2.75, 3.05) is 43.5 Å². The molecule has 0 unspecified atom stereocenters. The van der Waals surface area contributed by atoms with Gasteiger partial charge in [0, 0.05) is 49.5 Å². The van der Waals surface area contributed by atoms with Crippen LogP contribution in [0.15, 0.2) is 30.3 Å². The highest BCUT2D eigenvalue weighted by atomic mass is 16.5. The number of anilines is 2. The molecule has 0 bridgehead atoms. The molecule has 2 aliphatic rings. The Kier molecular flexibility index (Phi) is 6.89. The van der Waals surface area contributed by atoms with Gasteiger partial charge in [-0.05, 0) is 25.8 Å². The maximum absolute atomic E-state index is 12.8. The number of rotatable bonds is 6. The number of aromatic nitrogens is 2. The highest BCUT2D eigenvalue weighted by Crippen LogP contribution is 2.23. The number of ether oxygens (including phenoxy) is 1. The van der Waals surface area contributed by atoms with Gasteiger partial charge in [-0.3, -0.25) is 4.79 Å². The molecule has 1 aromatic heterocycles. The van der Waals surface area contributed by atoms with Crippen LogP contribution in [0.25, 0.3) is 0 Å². The fraction of sp³-hybridized carbons (Fsp3) is 0.542. The average molecular weight is 424 g/mol. The summed E-state index contributed by atoms with van der Waals surface area (Å²) in [5.41, 5.74) is 1.90. The van der Waals surface area contributed by atoms with E-state index in [1.807, 2.05) is 42.2 Å². The minimum absolute atomic E-state index is 0.141. The number of hydrogen-bond donors (Lipinski definition) is 1. The number of aryl methyl sites for hydroxylation is 1. The fourth-order valence-corrected chi connectivity index (χ4v) is 4.52. The number of hydrogen-bond acceptors (Lipinski definition) is 6. The summed E-state index contributed by atoms with van der Waals surface area (Å²) in [4.78, 5) is 26.4. The van der Waals surface area contributed by atoms with Crippen molar-refractivity contribution < 1.29 is 9.53 Å². The molecule has 0 spiro atoms. The first kappa shape index (κ1) is 21.4. The van der Waals surface area contributed by atoms with E-state index in [9.17, 15) is 4.79 Å². The molecule has 166 valence electrons. The van der Waals surface area contributed by atoms with Gasteiger partial charge < -0.3 is 19.9 Å². The number of carbonyl (C=O) groups is 1. The minimum atomic E-state index is 0.141. The second-order valence-corrected chi connectivity index (χ2v) is 8.53. The van der Waals surface area contributed by atoms with Crippen molar-refractivity contribution in [3.8, 4) is 5.75 Å². The lowest BCUT2D eigenvalue weighted by atomic mass is 9.96. The molecular formula is C24H33N5O2. The molecule has 0 radical (unpaired) electrons. The Morgan fingerprint density at radius 2 is 1.84 bits per heavy atom. The first-order valence-electron chi connectivity index (χ1n) is 11.4. The van der Waals surface area contributed by atoms with Gasteiger partial charge in [0.15, 0.2) is 0 Å². The third-order valence-corrected chi connectivity index (χ3v) is 6.27. The van der Waals surface area contributed by atoms with Gasteiger partial charge >= 0.3 is 0 Å². The number of amides is 1. The number of piperazine rings is 1. The number of nitrogens with one attached hydrogen (secondary N) is 1. The molecule has 0 atom stereocenters. The minimum Gasteiger partial charge on any atom is -0.496 e. The van der Waals surface area contributed by atoms with Crippen LogP contribution in [0.2, 0.25) is 0 Å². The van der Waals surface area contributed by atoms with Gasteiger partial charge in [0.05, 0.1) is 13.5 Å². The lowest BCUT2D eigenvalue weighted by Gasteiger charge is -2.35. The molecule has 1 aliphatic carbocycles. The van der Waals surface area contributed by atoms with Gasteiger partial charge in [-0.1, -0.05) is 37.5 Å². The summed E-state index contributed by atoms with van der Waals surface area (Å²) in [5, 5.41) is 3.54. The topological polar surface area (TPSA) is 70.6 Å². The summed E-state index contributed by atoms with van der Waals surface area (Å²) in [5.74, 6) is 2.59. The summed E-state index contributed by atoms with van der Waals surface area (Å²) < 4.78 is 5.39. The van der Waals surface area contributed by atoms with Crippen LogP contribution in [0.5, 0.6) is 5.75 Å². The van der Waals surface area contributed by atoms with Gasteiger partial charge in [-0.2, -0.15) is 4.98 Å². The van der Waals surface area contributed by atoms with Crippen LogP contribution in [0.1, 0.15) is 43.4 Å². The van der Waals surface area contributed by atoms with Gasteiger partial charge in [0.1, 0.15) is 11.6 Å². The first-order valence-corrected chi connectivity index (χ1v) is 11.4. The summed E-state index contributed by atoms with van der Waals surface area (Å²) in [6.45, 7) is 4.96. The van der Waals surface area contributed by atoms with E-state index < -0.39 is 0 Å². The largest absolute Gasteiger partial charge is 0.496 e. The molecule has 1 amide bonds. The number of carbonyl (C=O) groups excluding carboxylic acids is 1. The molecule has 7 nitrogen and oxygen atoms in total. The predicted molar refractivity (Wildman–Crippen MR) is 123 cm³/mol. The second-order valence-electron chi connectivity index (χ2n) is 8.53. The van der Waals surface area contributed by atoms with Gasteiger partial charge in [-0.15, -0.1) is 0 Å². The van der Waals surface area contributed by atoms with E-state index in [1.54, 1.807) is 7.11 Å². The molecule has 31 heavy (non-hydrogen) atoms. The molecular weight excluding hydrogens is 390 g/mol. The van der Waals surface area contributed by atoms with Crippen LogP contribution < -0.4 is 15.0 Å². The molecule has 2 aromatic rings. The highest BCUT2D eigenvalue weighted by Gasteiger charge is 2.23. The molecule has 4 rings (SSSR count). The molecule has 1 N–H and O–H groups in total. The van der Waals surface area contributed by atoms with Gasteiger partial charge in [0.25, 0.3) is 0 Å². The van der Waals surface area contributed by atoms with E-state index >= 15 is 0 Å². The van der Waals surface area contributed by atoms with Crippen molar-refractivity contribution in [2.45, 2.75) is 51.5 Å². The number of nitrogens with zero attached hydrogens (tertiary/aromatic N) is 4. The third-order valence-electron chi connectivity index (χ3n) is 6.27. The van der Waals surface area contributed by atoms with Crippen LogP contribution in [0, 0.1) is 6.92 Å². The van der Waals surface area contributed by atoms with E-state index in [2.05, 4.69) is 15.2 Å². The number of benzene rings is 1. The van der Waals surface area contributed by atoms with Crippen molar-refractivity contribution >= 4 is 17.7 Å². The summed E-state index contributed by atoms with van der Waals surface area (Å²) in [7, 11) is 1.64. The third kappa shape index (κ3) is 5.46. The van der Waals surface area contributed by atoms with E-state index in [0.717, 1.165) is 41.9 Å². The maximum atomic E-state index is 12.8. The van der Waals surface area contributed by atoms with Crippen LogP contribution in [0.3, 0.4) is 0 Å². The van der Waals surface area contributed by atoms with Crippen LogP contribution in [-0.4, -0.2) is 60.1 Å². The molecule has 7 heteroatoms. The Hall–Kier alpha value is -2.83. The van der Waals surface area contributed by atoms with E-state index in [0.29, 0.717) is 25.6 Å². The molecule has 1 saturated carbocycles. The quantitative estimate of drug-likeness (QED) is 0.768. The zero-order chi connectivity index (χ0) is 21.6. The smallest absolute Gasteiger partial charge is 0.227 e. The van der Waals surface area contributed by atoms with Crippen molar-refractivity contribution in [3.63, 3.8) is 0 Å². The summed E-state index contributed by atoms with van der Waals surface area (Å²) in [6.07, 6.45) is 6.64. The zero-order valence-electron chi connectivity index (χ0n) is 18.6. The van der Waals surface area contributed by atoms with Crippen LogP contribution >= 0.6 is 0 Å². The molecule has 2 heterocycles. The molecule has 1 aliphatic heterocycles. The van der Waals surface area contributed by atoms with Crippen molar-refractivity contribution in [2.24, 2.45) is 0 Å². The van der Waals surface area contributed by atoms with Crippen molar-refractivity contribution in [3.05, 3.63) is 41.6 Å². The summed E-state index contributed by atoms with van der Waals surface area (Å²) >= 11 is 0. The monoisotopic (exact) mass is 423 g/mol. The number of methoxy groups -OCH3 is 1. The van der Waals surface area contributed by atoms with Gasteiger partial charge in [0.2, 0.25) is 11.9 Å². The number of para-hydroxylation sites is 1. The van der Waals surface area contributed by atoms with E-state index in [4.69, 9.17) is 9.72 Å². The standard InChI is InChI=1S/C24H33N5O2/c1-18-16-22(27-24(25-18)26-20-9-4-3-5-10-20)28-12-14-29(15-13-28)23(30)17-19-8-6-7-11-21(19)31-2/h6-8,11,16,20H,3-5,9-10,12-15,17H2,1-2H3,(H,25,26,27). The zero-order valence-corrected chi connectivity index (χ0v) is 18.6. The Balaban J connectivity index is 1.35. The average Bonchev–Trinajstić information content (AvgIpc) is 2.80. The predicted octanol–water partition coefficient (Wildman–Crippen LogP) is 3.43. The second kappa shape index (κ2) is 9.98. The Bertz CT molecular complexity index is 889. The van der Waals surface area contributed by atoms with E-state index in [-0.39, 0.29) is 5.91 Å². The molecule has 1 aromatic carbocycles. The fourth-order valence-electron chi connectivity index (χ4n) is 4.52. The normalized spacial score (nSPS) is 17.5. The maximum Gasteiger partial charge on any atom is 0.227 e. The van der Waals surface area contributed by atoms with Crippen LogP contribution in [-0.2, 0) is 11.2 Å². The molecule has 2 fully saturated rings. The van der Waals surface area contributed by atoms with E-state index in [1.165, 1.54) is 32.1 Å². The first-order chi connectivity index (χ1) is 15.1. The highest BCUT2D eigenvalue weighted by molar-refractivity contribution is 5.79.